The highest BCUT2D eigenvalue weighted by atomic mass is 14.5. The highest BCUT2D eigenvalue weighted by Crippen LogP contribution is 2.58. The molecule has 0 spiro atoms. The van der Waals surface area contributed by atoms with Gasteiger partial charge in [0.15, 0.2) is 0 Å². The van der Waals surface area contributed by atoms with Crippen molar-refractivity contribution in [1.29, 1.82) is 0 Å². The quantitative estimate of drug-likeness (QED) is 0.599. The van der Waals surface area contributed by atoms with Crippen LogP contribution in [-0.2, 0) is 6.42 Å². The van der Waals surface area contributed by atoms with Gasteiger partial charge in [-0.15, -0.1) is 0 Å². The molecule has 0 aromatic heterocycles. The summed E-state index contributed by atoms with van der Waals surface area (Å²) in [4.78, 5) is 0. The lowest BCUT2D eigenvalue weighted by atomic mass is 9.60. The monoisotopic (exact) mass is 304 g/mol. The summed E-state index contributed by atoms with van der Waals surface area (Å²) in [6, 6.07) is 9.09. The summed E-state index contributed by atoms with van der Waals surface area (Å²) < 4.78 is 0. The maximum absolute atomic E-state index is 2.71. The van der Waals surface area contributed by atoms with E-state index in [1.165, 1.54) is 69.8 Å². The van der Waals surface area contributed by atoms with Gasteiger partial charge in [-0.05, 0) is 72.5 Å². The van der Waals surface area contributed by atoms with Crippen LogP contribution in [0.2, 0.25) is 0 Å². The van der Waals surface area contributed by atoms with Crippen molar-refractivity contribution in [2.45, 2.75) is 64.2 Å². The molecule has 0 aliphatic heterocycles. The Labute approximate surface area is 140 Å². The van der Waals surface area contributed by atoms with Crippen molar-refractivity contribution in [2.75, 3.05) is 0 Å². The Kier molecular flexibility index (Phi) is 3.28. The molecule has 120 valence electrons. The van der Waals surface area contributed by atoms with Gasteiger partial charge in [0, 0.05) is 0 Å². The van der Waals surface area contributed by atoms with E-state index < -0.39 is 0 Å². The lowest BCUT2D eigenvalue weighted by Gasteiger charge is -2.44. The normalized spacial score (nSPS) is 26.8. The molecule has 1 aromatic rings. The van der Waals surface area contributed by atoms with Crippen molar-refractivity contribution < 1.29 is 0 Å². The maximum atomic E-state index is 2.71. The maximum Gasteiger partial charge on any atom is -0.00209 e. The van der Waals surface area contributed by atoms with Gasteiger partial charge in [-0.2, -0.15) is 0 Å². The van der Waals surface area contributed by atoms with Crippen LogP contribution in [0.5, 0.6) is 0 Å². The zero-order chi connectivity index (χ0) is 15.3. The summed E-state index contributed by atoms with van der Waals surface area (Å²) >= 11 is 0. The number of hydrogen-bond acceptors (Lipinski definition) is 0. The number of fused-ring (bicyclic) bond motifs is 2. The first-order valence-electron chi connectivity index (χ1n) is 9.86. The Morgan fingerprint density at radius 1 is 0.826 bits per heavy atom. The summed E-state index contributed by atoms with van der Waals surface area (Å²) in [6.07, 6.45) is 19.6. The first-order chi connectivity index (χ1) is 11.4. The van der Waals surface area contributed by atoms with Gasteiger partial charge in [0.05, 0.1) is 0 Å². The third kappa shape index (κ3) is 2.10. The number of rotatable bonds is 2. The zero-order valence-electron chi connectivity index (χ0n) is 14.2. The van der Waals surface area contributed by atoms with E-state index in [-0.39, 0.29) is 0 Å². The molecule has 0 N–H and O–H groups in total. The van der Waals surface area contributed by atoms with E-state index in [0.29, 0.717) is 5.41 Å². The highest BCUT2D eigenvalue weighted by molar-refractivity contribution is 5.84. The van der Waals surface area contributed by atoms with Crippen LogP contribution in [0.15, 0.2) is 42.0 Å². The van der Waals surface area contributed by atoms with Crippen molar-refractivity contribution in [2.24, 2.45) is 17.3 Å². The lowest BCUT2D eigenvalue weighted by molar-refractivity contribution is 0.131. The van der Waals surface area contributed by atoms with E-state index in [2.05, 4.69) is 36.4 Å². The number of benzene rings is 1. The van der Waals surface area contributed by atoms with Crippen LogP contribution in [0.4, 0.5) is 0 Å². The van der Waals surface area contributed by atoms with E-state index in [9.17, 15) is 0 Å². The zero-order valence-corrected chi connectivity index (χ0v) is 14.2. The van der Waals surface area contributed by atoms with Gasteiger partial charge in [0.1, 0.15) is 0 Å². The first-order valence-corrected chi connectivity index (χ1v) is 9.86. The van der Waals surface area contributed by atoms with E-state index >= 15 is 0 Å². The molecule has 0 radical (unpaired) electrons. The summed E-state index contributed by atoms with van der Waals surface area (Å²) in [5.41, 5.74) is 6.93. The third-order valence-electron chi connectivity index (χ3n) is 7.40. The second kappa shape index (κ2) is 5.36. The van der Waals surface area contributed by atoms with Crippen LogP contribution >= 0.6 is 0 Å². The molecule has 0 unspecified atom stereocenters. The smallest absolute Gasteiger partial charge is 0.00209 e. The molecular formula is C23H28. The molecule has 0 bridgehead atoms. The van der Waals surface area contributed by atoms with Crippen LogP contribution in [0.25, 0.3) is 5.57 Å². The second-order valence-corrected chi connectivity index (χ2v) is 8.44. The van der Waals surface area contributed by atoms with Crippen LogP contribution in [0.3, 0.4) is 0 Å². The topological polar surface area (TPSA) is 0 Å². The second-order valence-electron chi connectivity index (χ2n) is 8.44. The van der Waals surface area contributed by atoms with Gasteiger partial charge in [-0.3, -0.25) is 0 Å². The predicted octanol–water partition coefficient (Wildman–Crippen LogP) is 6.32. The number of hydrogen-bond donors (Lipinski definition) is 0. The van der Waals surface area contributed by atoms with E-state index in [1.807, 2.05) is 0 Å². The molecule has 0 saturated heterocycles. The molecule has 0 heteroatoms. The van der Waals surface area contributed by atoms with Crippen molar-refractivity contribution in [3.63, 3.8) is 0 Å². The SMILES string of the molecule is C1=CC(C2CCCC2)(C2CCCC2)CC2=C1c1ccccc1C2. The summed E-state index contributed by atoms with van der Waals surface area (Å²) in [5, 5.41) is 0. The van der Waals surface area contributed by atoms with Crippen LogP contribution in [0, 0.1) is 17.3 Å². The van der Waals surface area contributed by atoms with Gasteiger partial charge in [0.2, 0.25) is 0 Å². The van der Waals surface area contributed by atoms with E-state index in [4.69, 9.17) is 0 Å². The lowest BCUT2D eigenvalue weighted by Crippen LogP contribution is -2.36. The third-order valence-corrected chi connectivity index (χ3v) is 7.40. The molecule has 4 aliphatic rings. The minimum Gasteiger partial charge on any atom is -0.0768 e. The molecule has 0 atom stereocenters. The van der Waals surface area contributed by atoms with Crippen molar-refractivity contribution in [3.8, 4) is 0 Å². The molecule has 1 aromatic carbocycles. The largest absolute Gasteiger partial charge is 0.0768 e. The Morgan fingerprint density at radius 3 is 2.17 bits per heavy atom. The molecule has 0 amide bonds. The average Bonchev–Trinajstić information content (AvgIpc) is 3.33. The van der Waals surface area contributed by atoms with Gasteiger partial charge >= 0.3 is 0 Å². The van der Waals surface area contributed by atoms with Crippen LogP contribution in [-0.4, -0.2) is 0 Å². The molecule has 23 heavy (non-hydrogen) atoms. The fourth-order valence-corrected chi connectivity index (χ4v) is 6.31. The number of allylic oxidation sites excluding steroid dienone is 4. The fourth-order valence-electron chi connectivity index (χ4n) is 6.31. The van der Waals surface area contributed by atoms with Crippen molar-refractivity contribution in [3.05, 3.63) is 53.1 Å². The van der Waals surface area contributed by atoms with Gasteiger partial charge < -0.3 is 0 Å². The highest BCUT2D eigenvalue weighted by Gasteiger charge is 2.47. The predicted molar refractivity (Wildman–Crippen MR) is 97.2 cm³/mol. The van der Waals surface area contributed by atoms with Crippen LogP contribution < -0.4 is 0 Å². The Hall–Kier alpha value is -1.30. The van der Waals surface area contributed by atoms with Crippen molar-refractivity contribution >= 4 is 5.57 Å². The minimum absolute atomic E-state index is 0.508. The standard InChI is InChI=1S/C23H28/c1-6-12-21-17(7-1)15-18-16-23(14-13-22(18)21,19-8-2-3-9-19)20-10-4-5-11-20/h1,6-7,12-14,19-20H,2-5,8-11,15-16H2. The average molecular weight is 304 g/mol. The summed E-state index contributed by atoms with van der Waals surface area (Å²) in [6.45, 7) is 0. The molecule has 4 aliphatic carbocycles. The van der Waals surface area contributed by atoms with Gasteiger partial charge in [-0.1, -0.05) is 67.7 Å². The van der Waals surface area contributed by atoms with Gasteiger partial charge in [-0.25, -0.2) is 0 Å². The fraction of sp³-hybridized carbons (Fsp3) is 0.565. The van der Waals surface area contributed by atoms with Gasteiger partial charge in [0.25, 0.3) is 0 Å². The van der Waals surface area contributed by atoms with E-state index in [1.54, 1.807) is 16.7 Å². The molecule has 0 heterocycles. The Bertz CT molecular complexity index is 647. The Balaban J connectivity index is 1.52. The first kappa shape index (κ1) is 14.1. The Morgan fingerprint density at radius 2 is 1.48 bits per heavy atom. The molecular weight excluding hydrogens is 276 g/mol. The molecule has 5 rings (SSSR count). The molecule has 2 fully saturated rings. The van der Waals surface area contributed by atoms with E-state index in [0.717, 1.165) is 11.8 Å². The summed E-state index contributed by atoms with van der Waals surface area (Å²) in [7, 11) is 0. The minimum atomic E-state index is 0.508. The molecule has 2 saturated carbocycles. The van der Waals surface area contributed by atoms with Crippen molar-refractivity contribution in [1.82, 2.24) is 0 Å². The van der Waals surface area contributed by atoms with Crippen LogP contribution in [0.1, 0.15) is 68.9 Å². The summed E-state index contributed by atoms with van der Waals surface area (Å²) in [5.74, 6) is 1.92. The molecule has 0 nitrogen and oxygen atoms in total.